The summed E-state index contributed by atoms with van der Waals surface area (Å²) in [6.07, 6.45) is -3.43. The van der Waals surface area contributed by atoms with E-state index in [2.05, 4.69) is 31.2 Å². The normalized spacial score (nSPS) is 17.5. The van der Waals surface area contributed by atoms with Gasteiger partial charge in [-0.1, -0.05) is 64.8 Å². The number of carbonyl (C=O) groups is 4. The molecule has 0 aliphatic heterocycles. The van der Waals surface area contributed by atoms with Crippen LogP contribution in [0, 0.1) is 11.8 Å². The maximum Gasteiger partial charge on any atom is 0.418 e. The number of amides is 4. The Hall–Kier alpha value is -5.12. The first-order valence-corrected chi connectivity index (χ1v) is 19.6. The first kappa shape index (κ1) is 42.0. The summed E-state index contributed by atoms with van der Waals surface area (Å²) < 4.78 is 52.6. The van der Waals surface area contributed by atoms with Crippen LogP contribution in [0.5, 0.6) is 5.75 Å². The summed E-state index contributed by atoms with van der Waals surface area (Å²) in [7, 11) is 1.55. The average molecular weight is 799 g/mol. The molecule has 302 valence electrons. The molecule has 2 aromatic heterocycles. The lowest BCUT2D eigenvalue weighted by atomic mass is 9.78. The van der Waals surface area contributed by atoms with Crippen molar-refractivity contribution < 1.29 is 41.8 Å². The van der Waals surface area contributed by atoms with Crippen molar-refractivity contribution in [3.63, 3.8) is 0 Å². The van der Waals surface area contributed by atoms with Gasteiger partial charge in [0, 0.05) is 29.4 Å². The fourth-order valence-corrected chi connectivity index (χ4v) is 7.86. The van der Waals surface area contributed by atoms with E-state index in [-0.39, 0.29) is 55.5 Å². The third kappa shape index (κ3) is 9.28. The van der Waals surface area contributed by atoms with Gasteiger partial charge in [-0.25, -0.2) is 14.6 Å². The molecule has 1 unspecified atom stereocenters. The molecule has 5 rings (SSSR count). The number of hydrogen-bond acceptors (Lipinski definition) is 8. The van der Waals surface area contributed by atoms with Crippen molar-refractivity contribution in [2.45, 2.75) is 97.1 Å². The van der Waals surface area contributed by atoms with Crippen molar-refractivity contribution in [2.24, 2.45) is 11.8 Å². The third-order valence-electron chi connectivity index (χ3n) is 10.6. The van der Waals surface area contributed by atoms with Crippen LogP contribution in [-0.4, -0.2) is 59.1 Å². The summed E-state index contributed by atoms with van der Waals surface area (Å²) in [6, 6.07) is 8.69. The fraction of sp³-hybridized carbons (Fsp3) is 0.475. The number of urea groups is 1. The number of benzene rings is 2. The van der Waals surface area contributed by atoms with Gasteiger partial charge in [0.05, 0.1) is 30.8 Å². The number of esters is 1. The molecule has 4 amide bonds. The van der Waals surface area contributed by atoms with Gasteiger partial charge in [-0.05, 0) is 60.9 Å². The molecule has 0 radical (unpaired) electrons. The molecule has 12 nitrogen and oxygen atoms in total. The molecule has 5 atom stereocenters. The molecular weight excluding hydrogens is 750 g/mol. The first-order valence-electron chi connectivity index (χ1n) is 18.8. The fourth-order valence-electron chi connectivity index (χ4n) is 6.89. The van der Waals surface area contributed by atoms with Crippen LogP contribution >= 0.6 is 11.3 Å². The number of methoxy groups -OCH3 is 1. The minimum Gasteiger partial charge on any atom is -0.497 e. The number of hydrogen-bond donors (Lipinski definition) is 5. The Balaban J connectivity index is 1.49. The maximum atomic E-state index is 14.8. The number of fused-ring (bicyclic) bond motifs is 3. The highest BCUT2D eigenvalue weighted by Gasteiger charge is 2.47. The Morgan fingerprint density at radius 1 is 1.00 bits per heavy atom. The Labute approximate surface area is 327 Å². The molecule has 0 saturated heterocycles. The summed E-state index contributed by atoms with van der Waals surface area (Å²) in [5.41, 5.74) is -0.634. The van der Waals surface area contributed by atoms with Gasteiger partial charge in [-0.2, -0.15) is 13.2 Å². The predicted molar refractivity (Wildman–Crippen MR) is 206 cm³/mol. The van der Waals surface area contributed by atoms with E-state index in [0.29, 0.717) is 40.2 Å². The lowest BCUT2D eigenvalue weighted by Gasteiger charge is -2.39. The number of nitrogens with zero attached hydrogens (tertiary/aromatic N) is 1. The largest absolute Gasteiger partial charge is 0.497 e. The van der Waals surface area contributed by atoms with E-state index in [1.807, 2.05) is 20.8 Å². The van der Waals surface area contributed by atoms with Gasteiger partial charge in [-0.15, -0.1) is 11.3 Å². The number of aromatic nitrogens is 2. The zero-order valence-electron chi connectivity index (χ0n) is 32.3. The topological polar surface area (TPSA) is 164 Å². The van der Waals surface area contributed by atoms with E-state index in [1.54, 1.807) is 56.7 Å². The zero-order valence-corrected chi connectivity index (χ0v) is 33.1. The molecule has 2 heterocycles. The van der Waals surface area contributed by atoms with Crippen LogP contribution in [0.3, 0.4) is 0 Å². The lowest BCUT2D eigenvalue weighted by molar-refractivity contribution is -0.136. The number of carbonyl (C=O) groups excluding carboxylic acids is 4. The summed E-state index contributed by atoms with van der Waals surface area (Å²) in [6.45, 7) is 9.57. The molecule has 2 aromatic carbocycles. The van der Waals surface area contributed by atoms with Crippen LogP contribution < -0.4 is 26.0 Å². The summed E-state index contributed by atoms with van der Waals surface area (Å²) in [4.78, 5) is 62.4. The van der Waals surface area contributed by atoms with E-state index < -0.39 is 53.2 Å². The van der Waals surface area contributed by atoms with Gasteiger partial charge in [0.1, 0.15) is 22.3 Å². The Bertz CT molecular complexity index is 2030. The van der Waals surface area contributed by atoms with Gasteiger partial charge in [0.15, 0.2) is 5.69 Å². The molecule has 56 heavy (non-hydrogen) atoms. The van der Waals surface area contributed by atoms with Crippen LogP contribution in [-0.2, 0) is 39.9 Å². The highest BCUT2D eigenvalue weighted by atomic mass is 32.1. The second kappa shape index (κ2) is 17.8. The smallest absolute Gasteiger partial charge is 0.418 e. The lowest BCUT2D eigenvalue weighted by Crippen LogP contribution is -2.65. The van der Waals surface area contributed by atoms with Gasteiger partial charge < -0.3 is 35.7 Å². The summed E-state index contributed by atoms with van der Waals surface area (Å²) >= 11 is 1.19. The molecule has 0 saturated carbocycles. The number of halogens is 3. The predicted octanol–water partition coefficient (Wildman–Crippen LogP) is 6.99. The highest BCUT2D eigenvalue weighted by Crippen LogP contribution is 2.40. The molecule has 1 aliphatic carbocycles. The number of aryl methyl sites for hydroxylation is 1. The molecule has 4 aromatic rings. The number of nitrogens with one attached hydrogen (secondary N) is 5. The second-order valence-corrected chi connectivity index (χ2v) is 15.1. The van der Waals surface area contributed by atoms with E-state index in [0.717, 1.165) is 11.6 Å². The van der Waals surface area contributed by atoms with Gasteiger partial charge in [-0.3, -0.25) is 9.59 Å². The average Bonchev–Trinajstić information content (AvgIpc) is 3.82. The molecule has 0 fully saturated rings. The number of thiazole rings is 1. The van der Waals surface area contributed by atoms with Gasteiger partial charge in [0.25, 0.3) is 0 Å². The molecular formula is C40H49F3N6O6S. The third-order valence-corrected chi connectivity index (χ3v) is 11.5. The van der Waals surface area contributed by atoms with Gasteiger partial charge in [0.2, 0.25) is 11.8 Å². The van der Waals surface area contributed by atoms with E-state index in [1.165, 1.54) is 17.4 Å². The molecule has 0 spiro atoms. The number of H-pyrrole nitrogens is 1. The number of ether oxygens (including phenoxy) is 2. The van der Waals surface area contributed by atoms with E-state index >= 15 is 0 Å². The van der Waals surface area contributed by atoms with Crippen LogP contribution in [0.2, 0.25) is 0 Å². The minimum atomic E-state index is -4.63. The van der Waals surface area contributed by atoms with Crippen molar-refractivity contribution >= 4 is 46.1 Å². The summed E-state index contributed by atoms with van der Waals surface area (Å²) in [5, 5.41) is 14.0. The van der Waals surface area contributed by atoms with E-state index in [9.17, 15) is 32.3 Å². The number of alkyl halides is 3. The molecule has 16 heteroatoms. The quantitative estimate of drug-likeness (QED) is 0.0810. The standard InChI is InChI=1S/C40H49F3N6O6S/c1-7-22(4)31(48-38(53)44-20-24-13-15-25(54-6)16-14-24)34(50)49-39(18-17-29-27(19-39)26-11-10-12-28(33(26)45-29)40(41,42)43)37(52)47-32(23(5)8-2)35-46-30(21-56-35)36(51)55-9-3/h10-16,21-23,31-32,45H,7-9,17-20H2,1-6H3,(H,47,52)(H,49,50)(H2,44,48,53)/t22-,23-,31-,32-,39?/m0/s1. The molecule has 1 aliphatic rings. The highest BCUT2D eigenvalue weighted by molar-refractivity contribution is 7.09. The molecule has 0 bridgehead atoms. The van der Waals surface area contributed by atoms with Crippen LogP contribution in [0.25, 0.3) is 10.9 Å². The molecule has 5 N–H and O–H groups in total. The first-order chi connectivity index (χ1) is 26.6. The minimum absolute atomic E-state index is 0.0435. The monoisotopic (exact) mass is 798 g/mol. The summed E-state index contributed by atoms with van der Waals surface area (Å²) in [5.74, 6) is -1.65. The van der Waals surface area contributed by atoms with Crippen LogP contribution in [0.4, 0.5) is 18.0 Å². The van der Waals surface area contributed by atoms with Crippen LogP contribution in [0.15, 0.2) is 47.8 Å². The van der Waals surface area contributed by atoms with Crippen molar-refractivity contribution in [3.8, 4) is 5.75 Å². The van der Waals surface area contributed by atoms with Crippen molar-refractivity contribution in [1.29, 1.82) is 0 Å². The van der Waals surface area contributed by atoms with E-state index in [4.69, 9.17) is 9.47 Å². The maximum absolute atomic E-state index is 14.8. The zero-order chi connectivity index (χ0) is 40.8. The number of aromatic amines is 1. The van der Waals surface area contributed by atoms with Gasteiger partial charge >= 0.3 is 18.2 Å². The number of rotatable bonds is 15. The Morgan fingerprint density at radius 3 is 2.36 bits per heavy atom. The Kier molecular flexibility index (Phi) is 13.3. The SMILES string of the molecule is CCOC(=O)c1csc([C@@H](NC(=O)C2(NC(=O)[C@@H](NC(=O)NCc3ccc(OC)cc3)[C@@H](C)CC)CCc3[nH]c4c(C(F)(F)F)cccc4c3C2)[C@@H](C)CC)n1. The number of para-hydroxylation sites is 1. The Morgan fingerprint density at radius 2 is 1.71 bits per heavy atom. The van der Waals surface area contributed by atoms with Crippen molar-refractivity contribution in [2.75, 3.05) is 13.7 Å². The van der Waals surface area contributed by atoms with Crippen LogP contribution in [0.1, 0.15) is 97.8 Å². The van der Waals surface area contributed by atoms with Crippen molar-refractivity contribution in [3.05, 3.63) is 80.9 Å². The second-order valence-electron chi connectivity index (χ2n) is 14.2. The van der Waals surface area contributed by atoms with Crippen molar-refractivity contribution in [1.82, 2.24) is 31.2 Å².